The zero-order valence-electron chi connectivity index (χ0n) is 7.33. The summed E-state index contributed by atoms with van der Waals surface area (Å²) >= 11 is 0. The average Bonchev–Trinajstić information content (AvgIpc) is 2.08. The van der Waals surface area contributed by atoms with Gasteiger partial charge >= 0.3 is 0 Å². The van der Waals surface area contributed by atoms with Crippen LogP contribution in [0.2, 0.25) is 0 Å². The Morgan fingerprint density at radius 3 is 2.58 bits per heavy atom. The Morgan fingerprint density at radius 2 is 2.08 bits per heavy atom. The molecule has 64 valence electrons. The van der Waals surface area contributed by atoms with Crippen LogP contribution in [0.25, 0.3) is 0 Å². The third kappa shape index (κ3) is 1.56. The Morgan fingerprint density at radius 1 is 1.42 bits per heavy atom. The largest absolute Gasteiger partial charge is 0.398 e. The lowest BCUT2D eigenvalue weighted by Gasteiger charge is -2.03. The zero-order chi connectivity index (χ0) is 9.14. The second kappa shape index (κ2) is 3.26. The van der Waals surface area contributed by atoms with Gasteiger partial charge < -0.3 is 11.5 Å². The molecule has 0 spiro atoms. The molecule has 0 radical (unpaired) electrons. The summed E-state index contributed by atoms with van der Waals surface area (Å²) in [6.45, 7) is 1.96. The van der Waals surface area contributed by atoms with Gasteiger partial charge in [0.25, 0.3) is 0 Å². The van der Waals surface area contributed by atoms with Crippen LogP contribution in [-0.2, 0) is 0 Å². The third-order valence-corrected chi connectivity index (χ3v) is 1.82. The monoisotopic (exact) mass is 163 g/mol. The molecule has 0 heterocycles. The van der Waals surface area contributed by atoms with Gasteiger partial charge in [0.05, 0.1) is 0 Å². The van der Waals surface area contributed by atoms with E-state index in [9.17, 15) is 0 Å². The Balaban J connectivity index is 3.13. The molecule has 0 amide bonds. The number of aryl methyl sites for hydroxylation is 1. The fraction of sp³-hybridized carbons (Fsp3) is 0.222. The summed E-state index contributed by atoms with van der Waals surface area (Å²) in [7, 11) is 1.66. The Kier molecular flexibility index (Phi) is 2.33. The minimum absolute atomic E-state index is 0.515. The second-order valence-electron chi connectivity index (χ2n) is 2.68. The minimum Gasteiger partial charge on any atom is -0.398 e. The van der Waals surface area contributed by atoms with E-state index in [-0.39, 0.29) is 0 Å². The van der Waals surface area contributed by atoms with Crippen molar-refractivity contribution >= 4 is 11.5 Å². The molecular weight excluding hydrogens is 150 g/mol. The van der Waals surface area contributed by atoms with E-state index in [0.717, 1.165) is 16.8 Å². The maximum absolute atomic E-state index is 5.70. The molecule has 0 fully saturated rings. The summed E-state index contributed by atoms with van der Waals surface area (Å²) in [6.07, 6.45) is 0. The van der Waals surface area contributed by atoms with E-state index in [0.29, 0.717) is 5.84 Å². The summed E-state index contributed by atoms with van der Waals surface area (Å²) in [5.74, 6) is 0.515. The highest BCUT2D eigenvalue weighted by atomic mass is 14.8. The van der Waals surface area contributed by atoms with Crippen LogP contribution in [-0.4, -0.2) is 12.9 Å². The maximum Gasteiger partial charge on any atom is 0.125 e. The number of nitrogens with zero attached hydrogens (tertiary/aromatic N) is 1. The SMILES string of the molecule is CN=C(N)c1ccc(C)c(N)c1. The third-order valence-electron chi connectivity index (χ3n) is 1.82. The van der Waals surface area contributed by atoms with Gasteiger partial charge in [-0.1, -0.05) is 12.1 Å². The van der Waals surface area contributed by atoms with Crippen molar-refractivity contribution in [1.29, 1.82) is 0 Å². The first kappa shape index (κ1) is 8.59. The van der Waals surface area contributed by atoms with Crippen LogP contribution in [0.1, 0.15) is 11.1 Å². The second-order valence-corrected chi connectivity index (χ2v) is 2.68. The van der Waals surface area contributed by atoms with E-state index in [1.54, 1.807) is 7.05 Å². The summed E-state index contributed by atoms with van der Waals surface area (Å²) in [6, 6.07) is 5.68. The van der Waals surface area contributed by atoms with Crippen LogP contribution >= 0.6 is 0 Å². The molecule has 0 bridgehead atoms. The predicted molar refractivity (Wildman–Crippen MR) is 52.2 cm³/mol. The van der Waals surface area contributed by atoms with E-state index in [2.05, 4.69) is 4.99 Å². The van der Waals surface area contributed by atoms with E-state index >= 15 is 0 Å². The molecule has 3 heteroatoms. The molecule has 0 saturated carbocycles. The van der Waals surface area contributed by atoms with E-state index < -0.39 is 0 Å². The van der Waals surface area contributed by atoms with Gasteiger partial charge in [-0.25, -0.2) is 0 Å². The van der Waals surface area contributed by atoms with Crippen molar-refractivity contribution in [2.45, 2.75) is 6.92 Å². The molecule has 3 nitrogen and oxygen atoms in total. The topological polar surface area (TPSA) is 64.4 Å². The minimum atomic E-state index is 0.515. The van der Waals surface area contributed by atoms with Gasteiger partial charge in [0.1, 0.15) is 5.84 Å². The molecule has 0 saturated heterocycles. The first-order chi connectivity index (χ1) is 5.65. The van der Waals surface area contributed by atoms with Crippen LogP contribution in [0.3, 0.4) is 0 Å². The molecule has 0 atom stereocenters. The summed E-state index contributed by atoms with van der Waals surface area (Å²) in [5, 5.41) is 0. The van der Waals surface area contributed by atoms with Crippen molar-refractivity contribution < 1.29 is 0 Å². The number of rotatable bonds is 1. The van der Waals surface area contributed by atoms with Crippen LogP contribution in [0, 0.1) is 6.92 Å². The van der Waals surface area contributed by atoms with Gasteiger partial charge in [-0.05, 0) is 18.6 Å². The molecule has 12 heavy (non-hydrogen) atoms. The molecule has 1 rings (SSSR count). The molecular formula is C9H13N3. The lowest BCUT2D eigenvalue weighted by molar-refractivity contribution is 1.38. The number of amidine groups is 1. The van der Waals surface area contributed by atoms with Crippen molar-refractivity contribution in [3.63, 3.8) is 0 Å². The van der Waals surface area contributed by atoms with Gasteiger partial charge in [0, 0.05) is 18.3 Å². The van der Waals surface area contributed by atoms with Crippen molar-refractivity contribution in [1.82, 2.24) is 0 Å². The van der Waals surface area contributed by atoms with Gasteiger partial charge in [0.15, 0.2) is 0 Å². The maximum atomic E-state index is 5.70. The molecule has 0 aliphatic rings. The highest BCUT2D eigenvalue weighted by Gasteiger charge is 1.98. The first-order valence-corrected chi connectivity index (χ1v) is 3.74. The van der Waals surface area contributed by atoms with Crippen molar-refractivity contribution in [3.05, 3.63) is 29.3 Å². The highest BCUT2D eigenvalue weighted by molar-refractivity contribution is 5.98. The fourth-order valence-electron chi connectivity index (χ4n) is 0.929. The van der Waals surface area contributed by atoms with E-state index in [1.165, 1.54) is 0 Å². The lowest BCUT2D eigenvalue weighted by Crippen LogP contribution is -2.13. The number of nitrogen functional groups attached to an aromatic ring is 1. The molecule has 1 aromatic carbocycles. The number of hydrogen-bond acceptors (Lipinski definition) is 2. The number of anilines is 1. The van der Waals surface area contributed by atoms with Gasteiger partial charge in [-0.15, -0.1) is 0 Å². The van der Waals surface area contributed by atoms with Crippen molar-refractivity contribution in [2.75, 3.05) is 12.8 Å². The standard InChI is InChI=1S/C9H13N3/c1-6-3-4-7(5-8(6)10)9(11)12-2/h3-5H,10H2,1-2H3,(H2,11,12). The molecule has 1 aromatic rings. The number of benzene rings is 1. The van der Waals surface area contributed by atoms with Gasteiger partial charge in [-0.3, -0.25) is 4.99 Å². The van der Waals surface area contributed by atoms with Gasteiger partial charge in [-0.2, -0.15) is 0 Å². The Bertz CT molecular complexity index is 316. The highest BCUT2D eigenvalue weighted by Crippen LogP contribution is 2.12. The number of nitrogens with two attached hydrogens (primary N) is 2. The van der Waals surface area contributed by atoms with Crippen LogP contribution < -0.4 is 11.5 Å². The fourth-order valence-corrected chi connectivity index (χ4v) is 0.929. The number of hydrogen-bond donors (Lipinski definition) is 2. The summed E-state index contributed by atoms with van der Waals surface area (Å²) < 4.78 is 0. The smallest absolute Gasteiger partial charge is 0.125 e. The zero-order valence-corrected chi connectivity index (χ0v) is 7.33. The van der Waals surface area contributed by atoms with Crippen LogP contribution in [0.15, 0.2) is 23.2 Å². The van der Waals surface area contributed by atoms with Crippen LogP contribution in [0.4, 0.5) is 5.69 Å². The Labute approximate surface area is 72.1 Å². The lowest BCUT2D eigenvalue weighted by atomic mass is 10.1. The van der Waals surface area contributed by atoms with E-state index in [1.807, 2.05) is 25.1 Å². The molecule has 0 aromatic heterocycles. The first-order valence-electron chi connectivity index (χ1n) is 3.74. The van der Waals surface area contributed by atoms with Crippen LogP contribution in [0.5, 0.6) is 0 Å². The number of aliphatic imine (C=N–C) groups is 1. The van der Waals surface area contributed by atoms with Crippen molar-refractivity contribution in [3.8, 4) is 0 Å². The predicted octanol–water partition coefficient (Wildman–Crippen LogP) is 0.912. The normalized spacial score (nSPS) is 11.7. The molecule has 4 N–H and O–H groups in total. The van der Waals surface area contributed by atoms with Gasteiger partial charge in [0.2, 0.25) is 0 Å². The van der Waals surface area contributed by atoms with Crippen molar-refractivity contribution in [2.24, 2.45) is 10.7 Å². The average molecular weight is 163 g/mol. The quantitative estimate of drug-likeness (QED) is 0.367. The van der Waals surface area contributed by atoms with E-state index in [4.69, 9.17) is 11.5 Å². The molecule has 0 aliphatic heterocycles. The molecule has 0 unspecified atom stereocenters. The summed E-state index contributed by atoms with van der Waals surface area (Å²) in [4.78, 5) is 3.87. The summed E-state index contributed by atoms with van der Waals surface area (Å²) in [5.41, 5.74) is 14.0. The molecule has 0 aliphatic carbocycles. The Hall–Kier alpha value is -1.51.